The molecule has 0 amide bonds. The summed E-state index contributed by atoms with van der Waals surface area (Å²) in [4.78, 5) is 25.4. The molecular weight excluding hydrogens is 276 g/mol. The number of hydrogen-bond donors (Lipinski definition) is 0. The van der Waals surface area contributed by atoms with Crippen LogP contribution >= 0.6 is 8.60 Å². The predicted molar refractivity (Wildman–Crippen MR) is 6.92 cm³/mol. The second-order valence-electron chi connectivity index (χ2n) is 0.224. The van der Waals surface area contributed by atoms with E-state index in [2.05, 4.69) is 0 Å². The third-order valence-electron chi connectivity index (χ3n) is 0. The minimum absolute atomic E-state index is 0. The average Bonchev–Trinajstić information content (AvgIpc) is 0.811. The van der Waals surface area contributed by atoms with Crippen molar-refractivity contribution in [3.63, 3.8) is 0 Å². The van der Waals surface area contributed by atoms with Crippen molar-refractivity contribution in [1.82, 2.24) is 0 Å². The zero-order valence-corrected chi connectivity index (χ0v) is 5.03. The Balaban J connectivity index is 0. The maximum Gasteiger partial charge on any atom is 3.00 e. The molecule has 0 N–H and O–H groups in total. The summed E-state index contributed by atoms with van der Waals surface area (Å²) >= 11 is 0. The molecule has 34 valence electrons. The van der Waals surface area contributed by atoms with E-state index in [0.717, 1.165) is 0 Å². The molecule has 0 aromatic carbocycles. The zero-order valence-electron chi connectivity index (χ0n) is 1.97. The molecule has 0 aliphatic carbocycles. The molecule has 5 heavy (non-hydrogen) atoms. The SMILES string of the molecule is [Au+3].[O-]P([O-])[O-]. The van der Waals surface area contributed by atoms with Crippen LogP contribution in [0.4, 0.5) is 0 Å². The molecule has 0 heterocycles. The summed E-state index contributed by atoms with van der Waals surface area (Å²) in [6.07, 6.45) is 0. The van der Waals surface area contributed by atoms with Gasteiger partial charge in [-0.2, -0.15) is 0 Å². The van der Waals surface area contributed by atoms with E-state index in [1.165, 1.54) is 0 Å². The minimum atomic E-state index is -3.37. The fraction of sp³-hybridized carbons (Fsp3) is 0. The van der Waals surface area contributed by atoms with Gasteiger partial charge in [-0.1, -0.05) is 0 Å². The van der Waals surface area contributed by atoms with E-state index in [1.807, 2.05) is 0 Å². The maximum absolute atomic E-state index is 8.48. The van der Waals surface area contributed by atoms with Crippen molar-refractivity contribution in [3.05, 3.63) is 0 Å². The molecule has 0 radical (unpaired) electrons. The standard InChI is InChI=1S/Au.O3P/c;1-4(2)3/q+3;-3. The Morgan fingerprint density at radius 1 is 1.00 bits per heavy atom. The Morgan fingerprint density at radius 2 is 1.00 bits per heavy atom. The summed E-state index contributed by atoms with van der Waals surface area (Å²) in [5, 5.41) is 0. The second kappa shape index (κ2) is 5.05. The summed E-state index contributed by atoms with van der Waals surface area (Å²) in [7, 11) is -3.37. The van der Waals surface area contributed by atoms with Crippen molar-refractivity contribution in [2.24, 2.45) is 0 Å². The second-order valence-corrected chi connectivity index (χ2v) is 0.671. The smallest absolute Gasteiger partial charge is 0.854 e. The van der Waals surface area contributed by atoms with Gasteiger partial charge in [0.15, 0.2) is 0 Å². The van der Waals surface area contributed by atoms with E-state index in [1.54, 1.807) is 0 Å². The van der Waals surface area contributed by atoms with Gasteiger partial charge in [0.05, 0.1) is 0 Å². The van der Waals surface area contributed by atoms with Crippen LogP contribution in [-0.2, 0) is 22.4 Å². The first-order valence-corrected chi connectivity index (χ1v) is 1.64. The first-order valence-electron chi connectivity index (χ1n) is 0.548. The number of hydrogen-bond acceptors (Lipinski definition) is 3. The van der Waals surface area contributed by atoms with Gasteiger partial charge in [-0.3, -0.25) is 0 Å². The Hall–Kier alpha value is 1.05. The third kappa shape index (κ3) is 42.6. The van der Waals surface area contributed by atoms with Crippen molar-refractivity contribution in [1.29, 1.82) is 0 Å². The molecule has 0 aromatic heterocycles. The van der Waals surface area contributed by atoms with E-state index in [0.29, 0.717) is 0 Å². The molecule has 0 atom stereocenters. The van der Waals surface area contributed by atoms with Crippen LogP contribution in [-0.4, -0.2) is 0 Å². The average molecular weight is 276 g/mol. The molecule has 5 heteroatoms. The molecule has 0 aromatic rings. The van der Waals surface area contributed by atoms with Gasteiger partial charge >= 0.3 is 22.4 Å². The van der Waals surface area contributed by atoms with Gasteiger partial charge in [-0.05, 0) is 0 Å². The van der Waals surface area contributed by atoms with Gasteiger partial charge in [0, 0.05) is 0 Å². The van der Waals surface area contributed by atoms with Gasteiger partial charge in [0.25, 0.3) is 0 Å². The van der Waals surface area contributed by atoms with Crippen LogP contribution in [0.1, 0.15) is 0 Å². The van der Waals surface area contributed by atoms with Crippen molar-refractivity contribution in [2.45, 2.75) is 0 Å². The monoisotopic (exact) mass is 276 g/mol. The summed E-state index contributed by atoms with van der Waals surface area (Å²) in [6, 6.07) is 0. The van der Waals surface area contributed by atoms with Crippen molar-refractivity contribution in [3.8, 4) is 0 Å². The molecule has 0 rings (SSSR count). The maximum atomic E-state index is 8.48. The Kier molecular flexibility index (Phi) is 9.50. The van der Waals surface area contributed by atoms with E-state index < -0.39 is 8.60 Å². The van der Waals surface area contributed by atoms with Crippen molar-refractivity contribution < 1.29 is 37.1 Å². The molecule has 0 bridgehead atoms. The van der Waals surface area contributed by atoms with Gasteiger partial charge in [-0.15, -0.1) is 0 Å². The van der Waals surface area contributed by atoms with Crippen LogP contribution in [0.25, 0.3) is 0 Å². The summed E-state index contributed by atoms with van der Waals surface area (Å²) in [5.74, 6) is 0. The largest absolute Gasteiger partial charge is 3.00 e. The molecule has 0 spiro atoms. The molecule has 0 saturated carbocycles. The van der Waals surface area contributed by atoms with Crippen LogP contribution in [0.15, 0.2) is 0 Å². The quantitative estimate of drug-likeness (QED) is 0.357. The zero-order chi connectivity index (χ0) is 3.58. The molecule has 0 fully saturated rings. The van der Waals surface area contributed by atoms with Crippen molar-refractivity contribution >= 4 is 8.60 Å². The van der Waals surface area contributed by atoms with Crippen LogP contribution in [0.2, 0.25) is 0 Å². The normalized spacial score (nSPS) is 7.20. The topological polar surface area (TPSA) is 69.2 Å². The molecular formula is AuO3P. The fourth-order valence-corrected chi connectivity index (χ4v) is 0. The first kappa shape index (κ1) is 9.41. The van der Waals surface area contributed by atoms with Crippen LogP contribution < -0.4 is 14.7 Å². The van der Waals surface area contributed by atoms with Crippen LogP contribution in [0.3, 0.4) is 0 Å². The third-order valence-corrected chi connectivity index (χ3v) is 0. The summed E-state index contributed by atoms with van der Waals surface area (Å²) in [6.45, 7) is 0. The van der Waals surface area contributed by atoms with E-state index in [4.69, 9.17) is 14.7 Å². The molecule has 3 nitrogen and oxygen atoms in total. The molecule has 0 unspecified atom stereocenters. The van der Waals surface area contributed by atoms with Gasteiger partial charge in [0.2, 0.25) is 0 Å². The predicted octanol–water partition coefficient (Wildman–Crippen LogP) is -2.71. The minimum Gasteiger partial charge on any atom is -0.854 e. The fourth-order valence-electron chi connectivity index (χ4n) is 0. The Bertz CT molecular complexity index is 11.6. The Labute approximate surface area is 46.2 Å². The molecule has 0 saturated heterocycles. The van der Waals surface area contributed by atoms with E-state index in [-0.39, 0.29) is 22.4 Å². The molecule has 0 aliphatic rings. The summed E-state index contributed by atoms with van der Waals surface area (Å²) < 4.78 is 0. The van der Waals surface area contributed by atoms with Gasteiger partial charge in [0.1, 0.15) is 0 Å². The van der Waals surface area contributed by atoms with Crippen LogP contribution in [0.5, 0.6) is 0 Å². The van der Waals surface area contributed by atoms with E-state index in [9.17, 15) is 0 Å². The van der Waals surface area contributed by atoms with E-state index >= 15 is 0 Å². The van der Waals surface area contributed by atoms with Gasteiger partial charge < -0.3 is 23.3 Å². The van der Waals surface area contributed by atoms with Crippen LogP contribution in [0, 0.1) is 0 Å². The summed E-state index contributed by atoms with van der Waals surface area (Å²) in [5.41, 5.74) is 0. The molecule has 0 aliphatic heterocycles. The first-order chi connectivity index (χ1) is 1.73. The Morgan fingerprint density at radius 3 is 1.00 bits per heavy atom. The van der Waals surface area contributed by atoms with Crippen molar-refractivity contribution in [2.75, 3.05) is 0 Å². The number of rotatable bonds is 0. The van der Waals surface area contributed by atoms with Gasteiger partial charge in [-0.25, -0.2) is 0 Å².